The van der Waals surface area contributed by atoms with Gasteiger partial charge in [0, 0.05) is 16.2 Å². The van der Waals surface area contributed by atoms with Gasteiger partial charge in [0.2, 0.25) is 0 Å². The van der Waals surface area contributed by atoms with Crippen LogP contribution in [0.2, 0.25) is 0 Å². The van der Waals surface area contributed by atoms with Crippen molar-refractivity contribution in [2.24, 2.45) is 17.6 Å². The predicted octanol–water partition coefficient (Wildman–Crippen LogP) is 3.85. The van der Waals surface area contributed by atoms with Gasteiger partial charge in [0.1, 0.15) is 0 Å². The number of hydrogen-bond acceptors (Lipinski definition) is 2. The van der Waals surface area contributed by atoms with E-state index < -0.39 is 0 Å². The highest BCUT2D eigenvalue weighted by Crippen LogP contribution is 2.52. The second-order valence-corrected chi connectivity index (χ2v) is 7.26. The first-order valence-electron chi connectivity index (χ1n) is 6.50. The van der Waals surface area contributed by atoms with Gasteiger partial charge in [-0.05, 0) is 43.7 Å². The average molecular weight is 249 g/mol. The Kier molecular flexibility index (Phi) is 3.84. The van der Waals surface area contributed by atoms with Crippen LogP contribution in [0.5, 0.6) is 0 Å². The summed E-state index contributed by atoms with van der Waals surface area (Å²) < 4.78 is 0.308. The molecule has 2 rings (SSSR count). The van der Waals surface area contributed by atoms with Crippen LogP contribution in [0.1, 0.15) is 32.3 Å². The molecule has 1 aromatic carbocycles. The smallest absolute Gasteiger partial charge is 0.0334 e. The molecule has 17 heavy (non-hydrogen) atoms. The molecule has 0 atom stereocenters. The second kappa shape index (κ2) is 5.03. The minimum Gasteiger partial charge on any atom is -0.329 e. The molecule has 2 heteroatoms. The molecule has 1 nitrogen and oxygen atoms in total. The molecular formula is C15H23NS. The summed E-state index contributed by atoms with van der Waals surface area (Å²) in [5.74, 6) is 1.67. The molecule has 1 fully saturated rings. The van der Waals surface area contributed by atoms with Crippen LogP contribution in [0.15, 0.2) is 29.2 Å². The molecule has 0 spiro atoms. The molecule has 0 heterocycles. The highest BCUT2D eigenvalue weighted by molar-refractivity contribution is 8.00. The molecule has 1 saturated carbocycles. The molecule has 0 amide bonds. The molecule has 0 aromatic heterocycles. The van der Waals surface area contributed by atoms with E-state index in [4.69, 9.17) is 5.73 Å². The molecule has 0 aliphatic heterocycles. The van der Waals surface area contributed by atoms with E-state index in [1.165, 1.54) is 23.3 Å². The molecule has 1 aliphatic rings. The maximum Gasteiger partial charge on any atom is 0.0334 e. The summed E-state index contributed by atoms with van der Waals surface area (Å²) >= 11 is 1.99. The molecule has 94 valence electrons. The van der Waals surface area contributed by atoms with Crippen LogP contribution in [0.3, 0.4) is 0 Å². The van der Waals surface area contributed by atoms with Crippen molar-refractivity contribution < 1.29 is 0 Å². The standard InChI is InChI=1S/C15H23NS/c1-11(2)13-8-15(9-13,10-16)17-14-6-4-5-12(3)7-14/h4-7,11,13H,8-10,16H2,1-3H3. The highest BCUT2D eigenvalue weighted by Gasteiger charge is 2.44. The summed E-state index contributed by atoms with van der Waals surface area (Å²) in [6.45, 7) is 7.59. The van der Waals surface area contributed by atoms with Crippen LogP contribution in [0.4, 0.5) is 0 Å². The van der Waals surface area contributed by atoms with Gasteiger partial charge in [0.05, 0.1) is 0 Å². The van der Waals surface area contributed by atoms with Crippen molar-refractivity contribution in [3.63, 3.8) is 0 Å². The Bertz CT molecular complexity index is 380. The van der Waals surface area contributed by atoms with E-state index >= 15 is 0 Å². The Labute approximate surface area is 109 Å². The van der Waals surface area contributed by atoms with E-state index in [-0.39, 0.29) is 0 Å². The Balaban J connectivity index is 2.02. The van der Waals surface area contributed by atoms with Gasteiger partial charge < -0.3 is 5.73 Å². The summed E-state index contributed by atoms with van der Waals surface area (Å²) in [5.41, 5.74) is 7.33. The summed E-state index contributed by atoms with van der Waals surface area (Å²) in [4.78, 5) is 1.37. The summed E-state index contributed by atoms with van der Waals surface area (Å²) in [5, 5.41) is 0. The lowest BCUT2D eigenvalue weighted by molar-refractivity contribution is 0.176. The van der Waals surface area contributed by atoms with Crippen molar-refractivity contribution in [3.05, 3.63) is 29.8 Å². The number of rotatable bonds is 4. The molecule has 0 bridgehead atoms. The zero-order valence-corrected chi connectivity index (χ0v) is 11.9. The number of thioether (sulfide) groups is 1. The normalized spacial score (nSPS) is 28.2. The monoisotopic (exact) mass is 249 g/mol. The van der Waals surface area contributed by atoms with Gasteiger partial charge in [-0.15, -0.1) is 11.8 Å². The average Bonchev–Trinajstić information content (AvgIpc) is 2.22. The number of nitrogens with two attached hydrogens (primary N) is 1. The third kappa shape index (κ3) is 2.86. The van der Waals surface area contributed by atoms with Gasteiger partial charge >= 0.3 is 0 Å². The van der Waals surface area contributed by atoms with E-state index in [2.05, 4.69) is 45.0 Å². The van der Waals surface area contributed by atoms with Crippen molar-refractivity contribution in [3.8, 4) is 0 Å². The largest absolute Gasteiger partial charge is 0.329 e. The van der Waals surface area contributed by atoms with Crippen molar-refractivity contribution >= 4 is 11.8 Å². The fourth-order valence-corrected chi connectivity index (χ4v) is 4.16. The molecule has 2 N–H and O–H groups in total. The first kappa shape index (κ1) is 13.0. The third-order valence-corrected chi connectivity index (χ3v) is 5.33. The Morgan fingerprint density at radius 3 is 2.65 bits per heavy atom. The van der Waals surface area contributed by atoms with Crippen molar-refractivity contribution in [2.45, 2.75) is 43.3 Å². The van der Waals surface area contributed by atoms with Crippen LogP contribution in [-0.2, 0) is 0 Å². The Hall–Kier alpha value is -0.470. The van der Waals surface area contributed by atoms with Gasteiger partial charge in [0.25, 0.3) is 0 Å². The third-order valence-electron chi connectivity index (χ3n) is 3.91. The van der Waals surface area contributed by atoms with E-state index in [1.54, 1.807) is 0 Å². The lowest BCUT2D eigenvalue weighted by Crippen LogP contribution is -2.48. The number of benzene rings is 1. The summed E-state index contributed by atoms with van der Waals surface area (Å²) in [6, 6.07) is 8.76. The zero-order chi connectivity index (χ0) is 12.5. The molecule has 0 saturated heterocycles. The van der Waals surface area contributed by atoms with Crippen LogP contribution in [0.25, 0.3) is 0 Å². The lowest BCUT2D eigenvalue weighted by Gasteiger charge is -2.48. The molecule has 1 aliphatic carbocycles. The Morgan fingerprint density at radius 1 is 1.41 bits per heavy atom. The van der Waals surface area contributed by atoms with Crippen molar-refractivity contribution in [1.82, 2.24) is 0 Å². The summed E-state index contributed by atoms with van der Waals surface area (Å²) in [6.07, 6.45) is 2.56. The predicted molar refractivity (Wildman–Crippen MR) is 76.4 cm³/mol. The molecule has 0 radical (unpaired) electrons. The number of hydrogen-bond donors (Lipinski definition) is 1. The second-order valence-electron chi connectivity index (χ2n) is 5.72. The Morgan fingerprint density at radius 2 is 2.12 bits per heavy atom. The maximum absolute atomic E-state index is 6.00. The zero-order valence-electron chi connectivity index (χ0n) is 11.1. The fourth-order valence-electron chi connectivity index (χ4n) is 2.59. The molecule has 0 unspecified atom stereocenters. The molecule has 1 aromatic rings. The topological polar surface area (TPSA) is 26.0 Å². The highest BCUT2D eigenvalue weighted by atomic mass is 32.2. The lowest BCUT2D eigenvalue weighted by atomic mass is 9.69. The quantitative estimate of drug-likeness (QED) is 0.877. The SMILES string of the molecule is Cc1cccc(SC2(CN)CC(C(C)C)C2)c1. The summed E-state index contributed by atoms with van der Waals surface area (Å²) in [7, 11) is 0. The minimum atomic E-state index is 0.308. The van der Waals surface area contributed by atoms with Crippen molar-refractivity contribution in [1.29, 1.82) is 0 Å². The van der Waals surface area contributed by atoms with E-state index in [9.17, 15) is 0 Å². The number of aryl methyl sites for hydroxylation is 1. The van der Waals surface area contributed by atoms with Gasteiger partial charge in [-0.1, -0.05) is 31.5 Å². The first-order valence-corrected chi connectivity index (χ1v) is 7.32. The fraction of sp³-hybridized carbons (Fsp3) is 0.600. The van der Waals surface area contributed by atoms with Crippen LogP contribution in [0, 0.1) is 18.8 Å². The van der Waals surface area contributed by atoms with Gasteiger partial charge in [-0.3, -0.25) is 0 Å². The van der Waals surface area contributed by atoms with Crippen molar-refractivity contribution in [2.75, 3.05) is 6.54 Å². The molecular weight excluding hydrogens is 226 g/mol. The first-order chi connectivity index (χ1) is 8.04. The van der Waals surface area contributed by atoms with Crippen LogP contribution in [-0.4, -0.2) is 11.3 Å². The van der Waals surface area contributed by atoms with Gasteiger partial charge in [-0.25, -0.2) is 0 Å². The van der Waals surface area contributed by atoms with Gasteiger partial charge in [0.15, 0.2) is 0 Å². The minimum absolute atomic E-state index is 0.308. The van der Waals surface area contributed by atoms with E-state index in [1.807, 2.05) is 11.8 Å². The maximum atomic E-state index is 6.00. The van der Waals surface area contributed by atoms with E-state index in [0.717, 1.165) is 18.4 Å². The van der Waals surface area contributed by atoms with Crippen LogP contribution < -0.4 is 5.73 Å². The van der Waals surface area contributed by atoms with Crippen LogP contribution >= 0.6 is 11.8 Å². The van der Waals surface area contributed by atoms with Gasteiger partial charge in [-0.2, -0.15) is 0 Å². The van der Waals surface area contributed by atoms with E-state index in [0.29, 0.717) is 4.75 Å².